The van der Waals surface area contributed by atoms with E-state index < -0.39 is 5.60 Å². The minimum Gasteiger partial charge on any atom is -0.441 e. The van der Waals surface area contributed by atoms with Crippen molar-refractivity contribution in [3.05, 3.63) is 70.8 Å². The third-order valence-corrected chi connectivity index (χ3v) is 5.81. The summed E-state index contributed by atoms with van der Waals surface area (Å²) in [6, 6.07) is 16.3. The van der Waals surface area contributed by atoms with Gasteiger partial charge in [0.15, 0.2) is 0 Å². The standard InChI is InChI=1S/C23H26N2O3/c1-17-7-9-18(10-8-17)15-19-5-2-3-6-20(19)21(26)25-13-4-11-23(12-14-25)16-24-22(27)28-23/h2-3,5-10H,4,11-16H2,1H3,(H,24,27)/t23-/m1/s1. The molecule has 2 heterocycles. The molecule has 2 aliphatic heterocycles. The lowest BCUT2D eigenvalue weighted by Gasteiger charge is -2.25. The average molecular weight is 378 g/mol. The van der Waals surface area contributed by atoms with E-state index in [0.717, 1.165) is 30.4 Å². The Balaban J connectivity index is 1.50. The molecule has 2 amide bonds. The molecule has 5 nitrogen and oxygen atoms in total. The van der Waals surface area contributed by atoms with Gasteiger partial charge in [-0.2, -0.15) is 0 Å². The first-order chi connectivity index (χ1) is 13.5. The smallest absolute Gasteiger partial charge is 0.407 e. The Morgan fingerprint density at radius 3 is 2.64 bits per heavy atom. The first-order valence-corrected chi connectivity index (χ1v) is 9.94. The van der Waals surface area contributed by atoms with Crippen molar-refractivity contribution in [1.29, 1.82) is 0 Å². The number of alkyl carbamates (subject to hydrolysis) is 1. The highest BCUT2D eigenvalue weighted by atomic mass is 16.6. The summed E-state index contributed by atoms with van der Waals surface area (Å²) in [6.07, 6.45) is 2.70. The molecular formula is C23H26N2O3. The van der Waals surface area contributed by atoms with Crippen molar-refractivity contribution >= 4 is 12.0 Å². The Kier molecular flexibility index (Phi) is 5.07. The van der Waals surface area contributed by atoms with Crippen molar-refractivity contribution in [3.8, 4) is 0 Å². The van der Waals surface area contributed by atoms with Gasteiger partial charge in [-0.15, -0.1) is 0 Å². The fourth-order valence-corrected chi connectivity index (χ4v) is 4.13. The third kappa shape index (κ3) is 3.88. The highest BCUT2D eigenvalue weighted by Crippen LogP contribution is 2.30. The fraction of sp³-hybridized carbons (Fsp3) is 0.391. The lowest BCUT2D eigenvalue weighted by atomic mass is 9.95. The number of likely N-dealkylation sites (tertiary alicyclic amines) is 1. The van der Waals surface area contributed by atoms with E-state index in [2.05, 4.69) is 36.5 Å². The molecule has 2 aliphatic rings. The van der Waals surface area contributed by atoms with Crippen LogP contribution in [0.15, 0.2) is 48.5 Å². The first-order valence-electron chi connectivity index (χ1n) is 9.94. The molecule has 0 bridgehead atoms. The number of nitrogens with zero attached hydrogens (tertiary/aromatic N) is 1. The van der Waals surface area contributed by atoms with Crippen LogP contribution in [0.4, 0.5) is 4.79 Å². The van der Waals surface area contributed by atoms with Gasteiger partial charge in [-0.1, -0.05) is 48.0 Å². The fourth-order valence-electron chi connectivity index (χ4n) is 4.13. The van der Waals surface area contributed by atoms with Crippen LogP contribution in [-0.2, 0) is 11.2 Å². The molecule has 4 rings (SSSR count). The molecule has 0 aromatic heterocycles. The maximum Gasteiger partial charge on any atom is 0.407 e. The predicted molar refractivity (Wildman–Crippen MR) is 107 cm³/mol. The molecule has 2 fully saturated rings. The van der Waals surface area contributed by atoms with E-state index in [-0.39, 0.29) is 12.0 Å². The summed E-state index contributed by atoms with van der Waals surface area (Å²) >= 11 is 0. The van der Waals surface area contributed by atoms with E-state index >= 15 is 0 Å². The van der Waals surface area contributed by atoms with Gasteiger partial charge >= 0.3 is 6.09 Å². The van der Waals surface area contributed by atoms with Crippen molar-refractivity contribution in [2.24, 2.45) is 0 Å². The number of ether oxygens (including phenoxy) is 1. The van der Waals surface area contributed by atoms with Gasteiger partial charge in [-0.25, -0.2) is 4.79 Å². The second-order valence-corrected chi connectivity index (χ2v) is 7.89. The second kappa shape index (κ2) is 7.66. The van der Waals surface area contributed by atoms with Gasteiger partial charge in [0, 0.05) is 25.1 Å². The highest BCUT2D eigenvalue weighted by Gasteiger charge is 2.42. The van der Waals surface area contributed by atoms with Crippen molar-refractivity contribution in [3.63, 3.8) is 0 Å². The Hall–Kier alpha value is -2.82. The zero-order chi connectivity index (χ0) is 19.6. The van der Waals surface area contributed by atoms with Crippen LogP contribution in [0.25, 0.3) is 0 Å². The Labute approximate surface area is 165 Å². The molecule has 0 saturated carbocycles. The summed E-state index contributed by atoms with van der Waals surface area (Å²) in [7, 11) is 0. The number of carbonyl (C=O) groups excluding carboxylic acids is 2. The number of rotatable bonds is 3. The summed E-state index contributed by atoms with van der Waals surface area (Å²) in [5.41, 5.74) is 3.79. The Bertz CT molecular complexity index is 878. The van der Waals surface area contributed by atoms with E-state index in [1.165, 1.54) is 11.1 Å². The molecule has 2 aromatic rings. The number of carbonyl (C=O) groups is 2. The van der Waals surface area contributed by atoms with E-state index in [1.54, 1.807) is 0 Å². The van der Waals surface area contributed by atoms with Crippen molar-refractivity contribution in [1.82, 2.24) is 10.2 Å². The molecule has 5 heteroatoms. The van der Waals surface area contributed by atoms with Crippen LogP contribution in [0.5, 0.6) is 0 Å². The molecule has 2 saturated heterocycles. The zero-order valence-corrected chi connectivity index (χ0v) is 16.2. The first kappa shape index (κ1) is 18.5. The highest BCUT2D eigenvalue weighted by molar-refractivity contribution is 5.95. The molecule has 0 aliphatic carbocycles. The van der Waals surface area contributed by atoms with Gasteiger partial charge in [0.25, 0.3) is 5.91 Å². The summed E-state index contributed by atoms with van der Waals surface area (Å²) in [6.45, 7) is 3.91. The second-order valence-electron chi connectivity index (χ2n) is 7.89. The van der Waals surface area contributed by atoms with Crippen LogP contribution in [0.1, 0.15) is 46.3 Å². The van der Waals surface area contributed by atoms with Crippen molar-refractivity contribution in [2.45, 2.75) is 38.2 Å². The van der Waals surface area contributed by atoms with E-state index in [4.69, 9.17) is 4.74 Å². The molecule has 1 spiro atoms. The zero-order valence-electron chi connectivity index (χ0n) is 16.2. The maximum atomic E-state index is 13.3. The normalized spacial score (nSPS) is 21.9. The van der Waals surface area contributed by atoms with E-state index in [1.807, 2.05) is 29.2 Å². The average Bonchev–Trinajstić information content (AvgIpc) is 2.94. The molecule has 1 atom stereocenters. The lowest BCUT2D eigenvalue weighted by Crippen LogP contribution is -2.36. The van der Waals surface area contributed by atoms with Gasteiger partial charge in [0.2, 0.25) is 0 Å². The minimum atomic E-state index is -0.451. The summed E-state index contributed by atoms with van der Waals surface area (Å²) in [5.74, 6) is 0.0667. The maximum absolute atomic E-state index is 13.3. The molecule has 146 valence electrons. The third-order valence-electron chi connectivity index (χ3n) is 5.81. The van der Waals surface area contributed by atoms with Crippen molar-refractivity contribution < 1.29 is 14.3 Å². The van der Waals surface area contributed by atoms with Crippen LogP contribution < -0.4 is 5.32 Å². The van der Waals surface area contributed by atoms with Crippen LogP contribution >= 0.6 is 0 Å². The molecule has 1 N–H and O–H groups in total. The van der Waals surface area contributed by atoms with Gasteiger partial charge in [0.05, 0.1) is 6.54 Å². The number of hydrogen-bond donors (Lipinski definition) is 1. The number of hydrogen-bond acceptors (Lipinski definition) is 3. The number of benzene rings is 2. The molecular weight excluding hydrogens is 352 g/mol. The minimum absolute atomic E-state index is 0.0667. The van der Waals surface area contributed by atoms with Crippen LogP contribution in [0.3, 0.4) is 0 Å². The largest absolute Gasteiger partial charge is 0.441 e. The summed E-state index contributed by atoms with van der Waals surface area (Å²) in [5, 5.41) is 2.76. The lowest BCUT2D eigenvalue weighted by molar-refractivity contribution is 0.0438. The Morgan fingerprint density at radius 1 is 1.11 bits per heavy atom. The van der Waals surface area contributed by atoms with Crippen LogP contribution in [0.2, 0.25) is 0 Å². The SMILES string of the molecule is Cc1ccc(Cc2ccccc2C(=O)N2CCC[C@@]3(CC2)CNC(=O)O3)cc1. The number of amides is 2. The van der Waals surface area contributed by atoms with Crippen LogP contribution in [0, 0.1) is 6.92 Å². The van der Waals surface area contributed by atoms with Crippen molar-refractivity contribution in [2.75, 3.05) is 19.6 Å². The van der Waals surface area contributed by atoms with Gasteiger partial charge in [-0.3, -0.25) is 4.79 Å². The summed E-state index contributed by atoms with van der Waals surface area (Å²) in [4.78, 5) is 26.7. The molecule has 0 unspecified atom stereocenters. The monoisotopic (exact) mass is 378 g/mol. The topological polar surface area (TPSA) is 58.6 Å². The van der Waals surface area contributed by atoms with Gasteiger partial charge in [-0.05, 0) is 43.4 Å². The predicted octanol–water partition coefficient (Wildman–Crippen LogP) is 3.69. The number of nitrogens with one attached hydrogen (secondary N) is 1. The van der Waals surface area contributed by atoms with Crippen LogP contribution in [-0.4, -0.2) is 42.1 Å². The molecule has 0 radical (unpaired) electrons. The van der Waals surface area contributed by atoms with Gasteiger partial charge in [0.1, 0.15) is 5.60 Å². The molecule has 28 heavy (non-hydrogen) atoms. The Morgan fingerprint density at radius 2 is 1.89 bits per heavy atom. The summed E-state index contributed by atoms with van der Waals surface area (Å²) < 4.78 is 5.53. The molecule has 2 aromatic carbocycles. The van der Waals surface area contributed by atoms with E-state index in [9.17, 15) is 9.59 Å². The van der Waals surface area contributed by atoms with E-state index in [0.29, 0.717) is 26.1 Å². The van der Waals surface area contributed by atoms with Gasteiger partial charge < -0.3 is 15.0 Å². The quantitative estimate of drug-likeness (QED) is 0.886. The number of aryl methyl sites for hydroxylation is 1.